The Labute approximate surface area is 157 Å². The molecule has 0 fully saturated rings. The molecule has 4 nitrogen and oxygen atoms in total. The van der Waals surface area contributed by atoms with Crippen LogP contribution in [0.15, 0.2) is 66.7 Å². The number of nitrogens with zero attached hydrogens (tertiary/aromatic N) is 2. The van der Waals surface area contributed by atoms with Gasteiger partial charge in [-0.1, -0.05) is 70.9 Å². The van der Waals surface area contributed by atoms with Gasteiger partial charge in [0.15, 0.2) is 0 Å². The first-order chi connectivity index (χ1) is 13.0. The van der Waals surface area contributed by atoms with E-state index in [1.54, 1.807) is 30.3 Å². The first kappa shape index (κ1) is 17.0. The largest absolute Gasteiger partial charge is 0.870 e. The van der Waals surface area contributed by atoms with Crippen molar-refractivity contribution >= 4 is 11.5 Å². The minimum Gasteiger partial charge on any atom is -0.870 e. The predicted molar refractivity (Wildman–Crippen MR) is 101 cm³/mol. The van der Waals surface area contributed by atoms with E-state index in [1.165, 1.54) is 0 Å². The monoisotopic (exact) mass is 356 g/mol. The van der Waals surface area contributed by atoms with Crippen LogP contribution in [0.4, 0.5) is 0 Å². The van der Waals surface area contributed by atoms with E-state index in [0.29, 0.717) is 22.2 Å². The highest BCUT2D eigenvalue weighted by Gasteiger charge is 2.29. The van der Waals surface area contributed by atoms with E-state index in [9.17, 15) is 9.90 Å². The molecule has 2 heterocycles. The molecule has 4 aromatic rings. The molecule has 0 saturated carbocycles. The Morgan fingerprint density at radius 1 is 0.889 bits per heavy atom. The molecule has 0 amide bonds. The van der Waals surface area contributed by atoms with Gasteiger partial charge in [0.2, 0.25) is 5.69 Å². The molecule has 0 bridgehead atoms. The van der Waals surface area contributed by atoms with Crippen LogP contribution in [0.1, 0.15) is 38.6 Å². The molecule has 27 heavy (non-hydrogen) atoms. The number of rotatable bonds is 3. The molecule has 4 heteroatoms. The van der Waals surface area contributed by atoms with Crippen LogP contribution in [0.5, 0.6) is 0 Å². The summed E-state index contributed by atoms with van der Waals surface area (Å²) in [7, 11) is 0. The van der Waals surface area contributed by atoms with Crippen LogP contribution in [0.3, 0.4) is 0 Å². The fourth-order valence-electron chi connectivity index (χ4n) is 3.51. The van der Waals surface area contributed by atoms with Crippen LogP contribution in [-0.4, -0.2) is 10.3 Å². The third-order valence-electron chi connectivity index (χ3n) is 5.19. The summed E-state index contributed by atoms with van der Waals surface area (Å²) in [4.78, 5) is 13.2. The minimum atomic E-state index is -0.0988. The van der Waals surface area contributed by atoms with Crippen molar-refractivity contribution in [2.75, 3.05) is 0 Å². The van der Waals surface area contributed by atoms with Crippen molar-refractivity contribution < 1.29 is 14.4 Å². The van der Waals surface area contributed by atoms with Crippen LogP contribution in [0.25, 0.3) is 5.76 Å². The second-order valence-electron chi connectivity index (χ2n) is 6.72. The molecule has 0 aliphatic rings. The van der Waals surface area contributed by atoms with E-state index in [4.69, 9.17) is 0 Å². The van der Waals surface area contributed by atoms with E-state index in [-0.39, 0.29) is 11.5 Å². The third-order valence-corrected chi connectivity index (χ3v) is 5.19. The fraction of sp³-hybridized carbons (Fsp3) is 0.130. The summed E-state index contributed by atoms with van der Waals surface area (Å²) in [5.41, 5.74) is 4.69. The molecule has 0 atom stereocenters. The molecular weight excluding hydrogens is 336 g/mol. The number of carbonyl (C=O) groups is 1. The van der Waals surface area contributed by atoms with Gasteiger partial charge in [0.1, 0.15) is 5.35 Å². The van der Waals surface area contributed by atoms with E-state index in [2.05, 4.69) is 0 Å². The summed E-state index contributed by atoms with van der Waals surface area (Å²) in [6, 6.07) is 20.0. The van der Waals surface area contributed by atoms with Crippen LogP contribution in [0.2, 0.25) is 0 Å². The number of hydrogen-bond acceptors (Lipinski definition) is 2. The van der Waals surface area contributed by atoms with Gasteiger partial charge in [-0.05, 0) is 19.4 Å². The first-order valence-corrected chi connectivity index (χ1v) is 8.90. The highest BCUT2D eigenvalue weighted by atomic mass is 16.3. The van der Waals surface area contributed by atoms with Crippen molar-refractivity contribution in [3.8, 4) is 0 Å². The van der Waals surface area contributed by atoms with Crippen molar-refractivity contribution in [1.82, 2.24) is 4.52 Å². The number of aryl methyl sites for hydroxylation is 2. The quantitative estimate of drug-likeness (QED) is 0.416. The number of carbonyl (C=O) groups excluding carboxylic acids is 1. The number of fused-ring (bicyclic) bond motifs is 1. The van der Waals surface area contributed by atoms with Crippen LogP contribution in [-0.2, 0) is 0 Å². The normalized spacial score (nSPS) is 12.4. The molecule has 0 aliphatic heterocycles. The number of benzene rings is 2. The summed E-state index contributed by atoms with van der Waals surface area (Å²) < 4.78 is 3.71. The minimum absolute atomic E-state index is 0.0988. The Hall–Kier alpha value is -3.40. The summed E-state index contributed by atoms with van der Waals surface area (Å²) in [6.45, 7) is 5.96. The zero-order valence-corrected chi connectivity index (χ0v) is 15.6. The molecular formula is C23H20N2O2. The fourth-order valence-corrected chi connectivity index (χ4v) is 3.51. The van der Waals surface area contributed by atoms with Gasteiger partial charge in [-0.25, -0.2) is 0 Å². The highest BCUT2D eigenvalue weighted by molar-refractivity contribution is 6.06. The van der Waals surface area contributed by atoms with Crippen molar-refractivity contribution in [1.29, 1.82) is 0 Å². The molecule has 4 rings (SSSR count). The van der Waals surface area contributed by atoms with Gasteiger partial charge in [0.25, 0.3) is 11.5 Å². The Bertz CT molecular complexity index is 1210. The van der Waals surface area contributed by atoms with Gasteiger partial charge in [-0.3, -0.25) is 4.79 Å². The lowest BCUT2D eigenvalue weighted by molar-refractivity contribution is -0.622. The van der Waals surface area contributed by atoms with E-state index >= 15 is 0 Å². The molecule has 0 N–H and O–H groups in total. The predicted octanol–water partition coefficient (Wildman–Crippen LogP) is 1.92. The number of aromatic nitrogens is 2. The molecule has 0 saturated heterocycles. The lowest BCUT2D eigenvalue weighted by Gasteiger charge is -2.10. The van der Waals surface area contributed by atoms with Gasteiger partial charge in [-0.15, -0.1) is 4.52 Å². The zero-order valence-electron chi connectivity index (χ0n) is 15.6. The summed E-state index contributed by atoms with van der Waals surface area (Å²) in [5, 5.41) is 13.7. The smallest absolute Gasteiger partial charge is 0.286 e. The first-order valence-electron chi connectivity index (χ1n) is 8.90. The summed E-state index contributed by atoms with van der Waals surface area (Å²) in [6.07, 6.45) is 0. The van der Waals surface area contributed by atoms with Crippen LogP contribution < -0.4 is 15.0 Å². The van der Waals surface area contributed by atoms with Crippen molar-refractivity contribution in [3.63, 3.8) is 0 Å². The maximum atomic E-state index is 13.2. The van der Waals surface area contributed by atoms with Crippen LogP contribution in [0, 0.1) is 20.8 Å². The van der Waals surface area contributed by atoms with Gasteiger partial charge in [-0.2, -0.15) is 0 Å². The van der Waals surface area contributed by atoms with E-state index in [1.807, 2.05) is 66.2 Å². The van der Waals surface area contributed by atoms with E-state index < -0.39 is 0 Å². The average molecular weight is 356 g/mol. The molecule has 0 aliphatic carbocycles. The highest BCUT2D eigenvalue weighted by Crippen LogP contribution is 2.13. The van der Waals surface area contributed by atoms with E-state index in [0.717, 1.165) is 17.0 Å². The maximum Gasteiger partial charge on any atom is 0.286 e. The second-order valence-corrected chi connectivity index (χ2v) is 6.72. The molecule has 2 aromatic carbocycles. The van der Waals surface area contributed by atoms with Gasteiger partial charge < -0.3 is 5.11 Å². The summed E-state index contributed by atoms with van der Waals surface area (Å²) >= 11 is 0. The van der Waals surface area contributed by atoms with Crippen molar-refractivity contribution in [2.24, 2.45) is 0 Å². The Kier molecular flexibility index (Phi) is 4.04. The lowest BCUT2D eigenvalue weighted by Crippen LogP contribution is -2.38. The SMILES string of the molecule is Cc1c(C)n2/c(=C(/[O-])c3ccccc3)cc(C(=O)c3ccccc3)[n+]2c1C. The second kappa shape index (κ2) is 6.40. The number of hydrogen-bond donors (Lipinski definition) is 0. The lowest BCUT2D eigenvalue weighted by atomic mass is 10.1. The molecule has 0 spiro atoms. The van der Waals surface area contributed by atoms with Crippen LogP contribution >= 0.6 is 0 Å². The van der Waals surface area contributed by atoms with Crippen molar-refractivity contribution in [2.45, 2.75) is 20.8 Å². The maximum absolute atomic E-state index is 13.2. The van der Waals surface area contributed by atoms with Gasteiger partial charge in [0, 0.05) is 24.1 Å². The average Bonchev–Trinajstić information content (AvgIpc) is 3.21. The van der Waals surface area contributed by atoms with Gasteiger partial charge >= 0.3 is 0 Å². The topological polar surface area (TPSA) is 48.6 Å². The van der Waals surface area contributed by atoms with Gasteiger partial charge in [0.05, 0.1) is 5.69 Å². The standard InChI is InChI=1S/C23H20N2O2/c1-15-16(2)24-20(22(26)18-10-6-4-7-11-18)14-21(25(24)17(15)3)23(27)19-12-8-5-9-13-19/h4-14H,1-3H3. The molecule has 0 radical (unpaired) electrons. The summed E-state index contributed by atoms with van der Waals surface area (Å²) in [5.74, 6) is -0.198. The number of ketones is 1. The molecule has 134 valence electrons. The van der Waals surface area contributed by atoms with Crippen molar-refractivity contribution in [3.05, 3.63) is 106 Å². The third kappa shape index (κ3) is 2.61. The molecule has 2 aromatic heterocycles. The molecule has 0 unspecified atom stereocenters. The Morgan fingerprint density at radius 2 is 1.44 bits per heavy atom. The Morgan fingerprint density at radius 3 is 2.04 bits per heavy atom. The zero-order chi connectivity index (χ0) is 19.1. The Balaban J connectivity index is 2.08.